The first-order valence-electron chi connectivity index (χ1n) is 13.5. The molecule has 6 nitrogen and oxygen atoms in total. The van der Waals surface area contributed by atoms with Gasteiger partial charge in [0.1, 0.15) is 17.8 Å². The summed E-state index contributed by atoms with van der Waals surface area (Å²) in [6.45, 7) is 4.58. The zero-order valence-corrected chi connectivity index (χ0v) is 22.9. The van der Waals surface area contributed by atoms with Gasteiger partial charge in [0.25, 0.3) is 5.82 Å². The quantitative estimate of drug-likeness (QED) is 0.183. The molecule has 0 unspecified atom stereocenters. The van der Waals surface area contributed by atoms with Crippen molar-refractivity contribution in [2.75, 3.05) is 6.61 Å². The number of nitrogens with one attached hydrogen (secondary N) is 1. The number of halogens is 3. The molecule has 5 aromatic rings. The maximum atomic E-state index is 15.6. The lowest BCUT2D eigenvalue weighted by molar-refractivity contribution is -0.660. The van der Waals surface area contributed by atoms with Gasteiger partial charge in [-0.25, -0.2) is 22.3 Å². The Hall–Kier alpha value is -4.53. The number of carbonyl (C=O) groups is 1. The third-order valence-corrected chi connectivity index (χ3v) is 7.74. The third kappa shape index (κ3) is 4.65. The van der Waals surface area contributed by atoms with Crippen LogP contribution >= 0.6 is 0 Å². The molecule has 2 aromatic heterocycles. The van der Waals surface area contributed by atoms with Gasteiger partial charge < -0.3 is 14.5 Å². The molecule has 0 spiro atoms. The van der Waals surface area contributed by atoms with Gasteiger partial charge in [-0.15, -0.1) is 0 Å². The van der Waals surface area contributed by atoms with Crippen molar-refractivity contribution in [2.24, 2.45) is 7.05 Å². The van der Waals surface area contributed by atoms with E-state index in [4.69, 9.17) is 9.47 Å². The number of H-pyrrole nitrogens is 1. The van der Waals surface area contributed by atoms with E-state index in [1.807, 2.05) is 30.8 Å². The number of hydrogen-bond donors (Lipinski definition) is 1. The molecule has 0 fully saturated rings. The Kier molecular flexibility index (Phi) is 6.81. The van der Waals surface area contributed by atoms with E-state index < -0.39 is 29.2 Å². The van der Waals surface area contributed by atoms with E-state index in [-0.39, 0.29) is 24.3 Å². The molecule has 3 heterocycles. The summed E-state index contributed by atoms with van der Waals surface area (Å²) in [5, 5.41) is 0.247. The topological polar surface area (TPSA) is 60.1 Å². The lowest BCUT2D eigenvalue weighted by Crippen LogP contribution is -2.31. The van der Waals surface area contributed by atoms with Crippen molar-refractivity contribution in [3.8, 4) is 22.9 Å². The van der Waals surface area contributed by atoms with Crippen LogP contribution in [0, 0.1) is 17.5 Å². The van der Waals surface area contributed by atoms with Crippen LogP contribution in [-0.4, -0.2) is 22.1 Å². The summed E-state index contributed by atoms with van der Waals surface area (Å²) >= 11 is 0. The molecular formula is C32H29F3N3O3+. The number of aryl methyl sites for hydroxylation is 2. The zero-order chi connectivity index (χ0) is 28.8. The van der Waals surface area contributed by atoms with E-state index in [1.54, 1.807) is 43.5 Å². The molecule has 3 aromatic carbocycles. The van der Waals surface area contributed by atoms with E-state index in [0.29, 0.717) is 28.9 Å². The molecular weight excluding hydrogens is 531 g/mol. The van der Waals surface area contributed by atoms with E-state index in [9.17, 15) is 9.18 Å². The summed E-state index contributed by atoms with van der Waals surface area (Å²) in [6, 6.07) is 13.3. The van der Waals surface area contributed by atoms with Crippen LogP contribution in [0.2, 0.25) is 0 Å². The van der Waals surface area contributed by atoms with Crippen molar-refractivity contribution in [2.45, 2.75) is 39.2 Å². The Morgan fingerprint density at radius 3 is 2.76 bits per heavy atom. The van der Waals surface area contributed by atoms with Crippen LogP contribution in [0.15, 0.2) is 60.9 Å². The molecule has 1 atom stereocenters. The number of fused-ring (bicyclic) bond motifs is 4. The average molecular weight is 561 g/mol. The molecule has 1 N–H and O–H groups in total. The normalized spacial score (nSPS) is 13.1. The van der Waals surface area contributed by atoms with Crippen molar-refractivity contribution in [1.82, 2.24) is 9.55 Å². The molecule has 210 valence electrons. The second-order valence-corrected chi connectivity index (χ2v) is 10.3. The summed E-state index contributed by atoms with van der Waals surface area (Å²) < 4.78 is 60.3. The number of ether oxygens (including phenoxy) is 2. The van der Waals surface area contributed by atoms with Crippen LogP contribution in [0.5, 0.6) is 11.5 Å². The van der Waals surface area contributed by atoms with Crippen LogP contribution in [0.4, 0.5) is 13.2 Å². The number of imidazole rings is 1. The van der Waals surface area contributed by atoms with Gasteiger partial charge in [0, 0.05) is 30.0 Å². The first-order valence-corrected chi connectivity index (χ1v) is 13.5. The minimum absolute atomic E-state index is 0.130. The minimum atomic E-state index is -0.799. The largest absolute Gasteiger partial charge is 0.466 e. The van der Waals surface area contributed by atoms with Gasteiger partial charge in [0.2, 0.25) is 0 Å². The van der Waals surface area contributed by atoms with Crippen molar-refractivity contribution in [3.05, 3.63) is 101 Å². The van der Waals surface area contributed by atoms with E-state index in [0.717, 1.165) is 29.1 Å². The summed E-state index contributed by atoms with van der Waals surface area (Å²) in [7, 11) is 1.91. The highest BCUT2D eigenvalue weighted by molar-refractivity contribution is 5.82. The number of rotatable bonds is 7. The molecule has 0 radical (unpaired) electrons. The minimum Gasteiger partial charge on any atom is -0.466 e. The molecule has 1 aliphatic heterocycles. The second-order valence-electron chi connectivity index (χ2n) is 10.3. The van der Waals surface area contributed by atoms with E-state index >= 15 is 8.78 Å². The van der Waals surface area contributed by atoms with E-state index in [1.165, 1.54) is 12.1 Å². The fourth-order valence-corrected chi connectivity index (χ4v) is 5.76. The molecule has 0 bridgehead atoms. The van der Waals surface area contributed by atoms with Crippen molar-refractivity contribution >= 4 is 16.9 Å². The van der Waals surface area contributed by atoms with Crippen LogP contribution in [0.25, 0.3) is 22.3 Å². The number of nitrogens with zero attached hydrogens (tertiary/aromatic N) is 2. The molecule has 0 amide bonds. The van der Waals surface area contributed by atoms with Gasteiger partial charge in [-0.3, -0.25) is 4.79 Å². The molecule has 0 saturated carbocycles. The van der Waals surface area contributed by atoms with Crippen molar-refractivity contribution < 1.29 is 32.0 Å². The van der Waals surface area contributed by atoms with Crippen molar-refractivity contribution in [3.63, 3.8) is 0 Å². The Morgan fingerprint density at radius 2 is 1.95 bits per heavy atom. The maximum Gasteiger partial charge on any atom is 0.310 e. The number of esters is 1. The Morgan fingerprint density at radius 1 is 1.12 bits per heavy atom. The number of aromatic amines is 1. The molecule has 0 aliphatic carbocycles. The Labute approximate surface area is 235 Å². The maximum absolute atomic E-state index is 15.6. The highest BCUT2D eigenvalue weighted by Gasteiger charge is 2.33. The molecule has 9 heteroatoms. The predicted octanol–water partition coefficient (Wildman–Crippen LogP) is 6.48. The predicted molar refractivity (Wildman–Crippen MR) is 147 cm³/mol. The molecule has 41 heavy (non-hydrogen) atoms. The fourth-order valence-electron chi connectivity index (χ4n) is 5.76. The Balaban J connectivity index is 1.35. The lowest BCUT2D eigenvalue weighted by Gasteiger charge is -2.19. The fraction of sp³-hybridized carbons (Fsp3) is 0.250. The highest BCUT2D eigenvalue weighted by Crippen LogP contribution is 2.38. The summed E-state index contributed by atoms with van der Waals surface area (Å²) in [4.78, 5) is 14.8. The second kappa shape index (κ2) is 10.5. The zero-order valence-electron chi connectivity index (χ0n) is 22.9. The molecule has 1 aliphatic rings. The highest BCUT2D eigenvalue weighted by atomic mass is 19.1. The van der Waals surface area contributed by atoms with Crippen molar-refractivity contribution in [1.29, 1.82) is 0 Å². The number of benzene rings is 3. The molecule has 0 saturated heterocycles. The Bertz CT molecular complexity index is 1810. The van der Waals surface area contributed by atoms with Gasteiger partial charge in [-0.2, -0.15) is 0 Å². The summed E-state index contributed by atoms with van der Waals surface area (Å²) in [5.74, 6) is -2.04. The van der Waals surface area contributed by atoms with Gasteiger partial charge >= 0.3 is 5.97 Å². The standard InChI is InChI=1S/C32H29F3N3O3/c1-4-40-28(39)14-20-6-5-7-22(29(20)34)18(2)27-17-37(3)32-24-15-21(9-8-19(24)11-13-38(27)32)41-31-25(33)16-26-23(30(31)35)10-12-36-26/h5-10,12,15-18,36H,4,11,13-14H2,1-3H3/q+1/t18-/m0/s1. The van der Waals surface area contributed by atoms with Gasteiger partial charge in [-0.1, -0.05) is 31.2 Å². The SMILES string of the molecule is CCOC(=O)Cc1cccc([C@H](C)c2c[n+](C)c3n2CCc2ccc(Oc4c(F)cc5[nH]ccc5c4F)cc2-3)c1F. The lowest BCUT2D eigenvalue weighted by atomic mass is 9.94. The van der Waals surface area contributed by atoms with Crippen LogP contribution in [-0.2, 0) is 36.0 Å². The van der Waals surface area contributed by atoms with Gasteiger partial charge in [0.05, 0.1) is 37.7 Å². The van der Waals surface area contributed by atoms with Crippen LogP contribution < -0.4 is 9.30 Å². The monoisotopic (exact) mass is 560 g/mol. The summed E-state index contributed by atoms with van der Waals surface area (Å²) in [5.41, 5.74) is 3.99. The van der Waals surface area contributed by atoms with E-state index in [2.05, 4.69) is 9.55 Å². The van der Waals surface area contributed by atoms with Gasteiger partial charge in [-0.05, 0) is 41.8 Å². The van der Waals surface area contributed by atoms with Gasteiger partial charge in [0.15, 0.2) is 23.1 Å². The number of carbonyl (C=O) groups excluding carboxylic acids is 1. The summed E-state index contributed by atoms with van der Waals surface area (Å²) in [6.07, 6.45) is 4.11. The third-order valence-electron chi connectivity index (χ3n) is 7.74. The average Bonchev–Trinajstić information content (AvgIpc) is 3.56. The number of aromatic nitrogens is 3. The smallest absolute Gasteiger partial charge is 0.310 e. The van der Waals surface area contributed by atoms with Crippen LogP contribution in [0.3, 0.4) is 0 Å². The molecule has 6 rings (SSSR count). The first-order chi connectivity index (χ1) is 19.8. The van der Waals surface area contributed by atoms with Crippen LogP contribution in [0.1, 0.15) is 42.1 Å². The first kappa shape index (κ1) is 26.7. The number of hydrogen-bond acceptors (Lipinski definition) is 3.